The Balaban J connectivity index is 1.22. The summed E-state index contributed by atoms with van der Waals surface area (Å²) in [6.45, 7) is 4.28. The van der Waals surface area contributed by atoms with Gasteiger partial charge >= 0.3 is 0 Å². The number of fused-ring (bicyclic) bond motifs is 6. The largest absolute Gasteiger partial charge is 0.310 e. The van der Waals surface area contributed by atoms with Crippen LogP contribution in [0.4, 0.5) is 17.1 Å². The molecule has 0 spiro atoms. The first-order valence-corrected chi connectivity index (χ1v) is 14.3. The molecule has 0 amide bonds. The average Bonchev–Trinajstić information content (AvgIpc) is 3.54. The number of rotatable bonds is 4. The number of benzene rings is 6. The van der Waals surface area contributed by atoms with Gasteiger partial charge < -0.3 is 9.47 Å². The van der Waals surface area contributed by atoms with E-state index in [-0.39, 0.29) is 0 Å². The third kappa shape index (κ3) is 3.87. The Morgan fingerprint density at radius 1 is 0.488 bits per heavy atom. The number of anilines is 3. The van der Waals surface area contributed by atoms with E-state index in [1.807, 2.05) is 0 Å². The van der Waals surface area contributed by atoms with E-state index < -0.39 is 0 Å². The summed E-state index contributed by atoms with van der Waals surface area (Å²) in [6, 6.07) is 49.0. The van der Waals surface area contributed by atoms with E-state index in [2.05, 4.69) is 157 Å². The molecule has 0 fully saturated rings. The van der Waals surface area contributed by atoms with Gasteiger partial charge in [-0.1, -0.05) is 83.9 Å². The zero-order chi connectivity index (χ0) is 27.5. The van der Waals surface area contributed by atoms with Gasteiger partial charge in [0.05, 0.1) is 11.0 Å². The molecular weight excluding hydrogens is 496 g/mol. The molecule has 1 aliphatic rings. The monoisotopic (exact) mass is 526 g/mol. The van der Waals surface area contributed by atoms with Crippen LogP contribution in [-0.4, -0.2) is 4.57 Å². The van der Waals surface area contributed by atoms with E-state index in [0.29, 0.717) is 0 Å². The van der Waals surface area contributed by atoms with E-state index in [1.54, 1.807) is 0 Å². The predicted octanol–water partition coefficient (Wildman–Crippen LogP) is 10.4. The first kappa shape index (κ1) is 23.8. The summed E-state index contributed by atoms with van der Waals surface area (Å²) in [7, 11) is 0. The Morgan fingerprint density at radius 3 is 1.56 bits per heavy atom. The molecule has 2 heteroatoms. The smallest absolute Gasteiger partial charge is 0.0541 e. The van der Waals surface area contributed by atoms with E-state index in [4.69, 9.17) is 0 Å². The van der Waals surface area contributed by atoms with Crippen LogP contribution in [-0.2, 0) is 6.42 Å². The lowest BCUT2D eigenvalue weighted by Crippen LogP contribution is -2.10. The van der Waals surface area contributed by atoms with Crippen LogP contribution in [0, 0.1) is 13.8 Å². The third-order valence-electron chi connectivity index (χ3n) is 8.53. The SMILES string of the molecule is Cc1ccc(N(c2ccc(C)cc2)c2ccc3c(c2)Cc2cc(-n4c5ccccc5c5ccccc54)ccc2-3)cc1. The van der Waals surface area contributed by atoms with Crippen LogP contribution in [0.25, 0.3) is 38.6 Å². The highest BCUT2D eigenvalue weighted by Crippen LogP contribution is 2.43. The van der Waals surface area contributed by atoms with Crippen LogP contribution in [0.2, 0.25) is 0 Å². The molecule has 7 aromatic rings. The first-order chi connectivity index (χ1) is 20.1. The van der Waals surface area contributed by atoms with Gasteiger partial charge in [-0.25, -0.2) is 0 Å². The minimum Gasteiger partial charge on any atom is -0.310 e. The molecule has 0 saturated heterocycles. The molecule has 41 heavy (non-hydrogen) atoms. The first-order valence-electron chi connectivity index (χ1n) is 14.3. The fourth-order valence-electron chi connectivity index (χ4n) is 6.50. The molecule has 2 nitrogen and oxygen atoms in total. The van der Waals surface area contributed by atoms with E-state index in [9.17, 15) is 0 Å². The zero-order valence-electron chi connectivity index (χ0n) is 23.3. The van der Waals surface area contributed by atoms with Gasteiger partial charge in [0, 0.05) is 33.5 Å². The number of nitrogens with zero attached hydrogens (tertiary/aromatic N) is 2. The lowest BCUT2D eigenvalue weighted by atomic mass is 10.0. The van der Waals surface area contributed by atoms with Crippen LogP contribution < -0.4 is 4.90 Å². The van der Waals surface area contributed by atoms with Gasteiger partial charge in [-0.15, -0.1) is 0 Å². The molecule has 0 aliphatic heterocycles. The van der Waals surface area contributed by atoms with Gasteiger partial charge in [0.15, 0.2) is 0 Å². The Bertz CT molecular complexity index is 1980. The maximum atomic E-state index is 2.41. The van der Waals surface area contributed by atoms with Gasteiger partial charge in [-0.2, -0.15) is 0 Å². The molecule has 8 rings (SSSR count). The molecule has 0 saturated carbocycles. The van der Waals surface area contributed by atoms with Crippen LogP contribution in [0.15, 0.2) is 133 Å². The summed E-state index contributed by atoms with van der Waals surface area (Å²) in [4.78, 5) is 2.37. The Kier molecular flexibility index (Phi) is 5.36. The minimum absolute atomic E-state index is 0.930. The maximum absolute atomic E-state index is 2.41. The second kappa shape index (κ2) is 9.25. The number of hydrogen-bond donors (Lipinski definition) is 0. The summed E-state index contributed by atoms with van der Waals surface area (Å²) in [5.74, 6) is 0. The normalized spacial score (nSPS) is 12.0. The highest BCUT2D eigenvalue weighted by molar-refractivity contribution is 6.09. The fraction of sp³-hybridized carbons (Fsp3) is 0.0769. The van der Waals surface area contributed by atoms with Crippen LogP contribution >= 0.6 is 0 Å². The average molecular weight is 527 g/mol. The Labute approximate surface area is 240 Å². The van der Waals surface area contributed by atoms with Gasteiger partial charge in [0.25, 0.3) is 0 Å². The number of hydrogen-bond acceptors (Lipinski definition) is 1. The van der Waals surface area contributed by atoms with Crippen molar-refractivity contribution in [3.05, 3.63) is 156 Å². The van der Waals surface area contributed by atoms with Crippen molar-refractivity contribution < 1.29 is 0 Å². The summed E-state index contributed by atoms with van der Waals surface area (Å²) in [5, 5.41) is 2.59. The van der Waals surface area contributed by atoms with Crippen molar-refractivity contribution in [2.75, 3.05) is 4.90 Å². The molecule has 1 aliphatic carbocycles. The van der Waals surface area contributed by atoms with Crippen molar-refractivity contribution in [3.63, 3.8) is 0 Å². The van der Waals surface area contributed by atoms with Crippen molar-refractivity contribution in [2.24, 2.45) is 0 Å². The van der Waals surface area contributed by atoms with E-state index in [0.717, 1.165) is 6.42 Å². The minimum atomic E-state index is 0.930. The summed E-state index contributed by atoms with van der Waals surface area (Å²) in [6.07, 6.45) is 0.930. The molecule has 196 valence electrons. The lowest BCUT2D eigenvalue weighted by molar-refractivity contribution is 1.16. The number of aromatic nitrogens is 1. The highest BCUT2D eigenvalue weighted by atomic mass is 15.1. The molecule has 6 aromatic carbocycles. The molecule has 0 unspecified atom stereocenters. The maximum Gasteiger partial charge on any atom is 0.0541 e. The van der Waals surface area contributed by atoms with Crippen molar-refractivity contribution in [1.82, 2.24) is 4.57 Å². The Hall–Kier alpha value is -5.08. The third-order valence-corrected chi connectivity index (χ3v) is 8.53. The molecular formula is C39H30N2. The standard InChI is InChI=1S/C39H30N2/c1-26-11-15-30(16-12-26)40(31-17-13-27(2)14-18-31)32-19-21-34-28(24-32)23-29-25-33(20-22-35(29)34)41-38-9-5-3-7-36(38)37-8-4-6-10-39(37)41/h3-22,24-25H,23H2,1-2H3. The molecule has 1 heterocycles. The van der Waals surface area contributed by atoms with Gasteiger partial charge in [0.1, 0.15) is 0 Å². The van der Waals surface area contributed by atoms with E-state index in [1.165, 1.54) is 77.9 Å². The Morgan fingerprint density at radius 2 is 0.976 bits per heavy atom. The number of aryl methyl sites for hydroxylation is 2. The van der Waals surface area contributed by atoms with Crippen LogP contribution in [0.3, 0.4) is 0 Å². The van der Waals surface area contributed by atoms with Gasteiger partial charge in [0.2, 0.25) is 0 Å². The molecule has 0 atom stereocenters. The van der Waals surface area contributed by atoms with Crippen molar-refractivity contribution >= 4 is 38.9 Å². The van der Waals surface area contributed by atoms with Gasteiger partial charge in [-0.3, -0.25) is 0 Å². The summed E-state index contributed by atoms with van der Waals surface area (Å²) in [5.41, 5.74) is 15.2. The zero-order valence-corrected chi connectivity index (χ0v) is 23.3. The second-order valence-corrected chi connectivity index (χ2v) is 11.2. The van der Waals surface area contributed by atoms with Crippen molar-refractivity contribution in [3.8, 4) is 16.8 Å². The van der Waals surface area contributed by atoms with Gasteiger partial charge in [-0.05, 0) is 103 Å². The predicted molar refractivity (Wildman–Crippen MR) is 173 cm³/mol. The van der Waals surface area contributed by atoms with Crippen LogP contribution in [0.1, 0.15) is 22.3 Å². The summed E-state index contributed by atoms with van der Waals surface area (Å²) < 4.78 is 2.41. The van der Waals surface area contributed by atoms with Crippen molar-refractivity contribution in [2.45, 2.75) is 20.3 Å². The topological polar surface area (TPSA) is 8.17 Å². The van der Waals surface area contributed by atoms with Crippen molar-refractivity contribution in [1.29, 1.82) is 0 Å². The lowest BCUT2D eigenvalue weighted by Gasteiger charge is -2.26. The summed E-state index contributed by atoms with van der Waals surface area (Å²) >= 11 is 0. The number of para-hydroxylation sites is 2. The fourth-order valence-corrected chi connectivity index (χ4v) is 6.50. The van der Waals surface area contributed by atoms with E-state index >= 15 is 0 Å². The molecule has 0 N–H and O–H groups in total. The van der Waals surface area contributed by atoms with Crippen LogP contribution in [0.5, 0.6) is 0 Å². The quantitative estimate of drug-likeness (QED) is 0.221. The second-order valence-electron chi connectivity index (χ2n) is 11.2. The highest BCUT2D eigenvalue weighted by Gasteiger charge is 2.22. The molecule has 0 bridgehead atoms. The molecule has 0 radical (unpaired) electrons. The molecule has 1 aromatic heterocycles.